The van der Waals surface area contributed by atoms with Gasteiger partial charge in [0.1, 0.15) is 0 Å². The molecule has 0 amide bonds. The van der Waals surface area contributed by atoms with Crippen LogP contribution < -0.4 is 0 Å². The molecule has 0 aliphatic rings. The van der Waals surface area contributed by atoms with Gasteiger partial charge in [-0.2, -0.15) is 0 Å². The molecule has 76 valence electrons. The summed E-state index contributed by atoms with van der Waals surface area (Å²) in [5.41, 5.74) is 5.67. The van der Waals surface area contributed by atoms with Crippen molar-refractivity contribution >= 4 is 0 Å². The predicted octanol–water partition coefficient (Wildman–Crippen LogP) is 4.16. The van der Waals surface area contributed by atoms with Crippen molar-refractivity contribution < 1.29 is 0 Å². The highest BCUT2D eigenvalue weighted by atomic mass is 14.1. The Balaban J connectivity index is 3.26. The number of hydrogen-bond acceptors (Lipinski definition) is 0. The quantitative estimate of drug-likeness (QED) is 0.625. The van der Waals surface area contributed by atoms with Crippen LogP contribution in [0.15, 0.2) is 24.8 Å². The second-order valence-corrected chi connectivity index (χ2v) is 4.01. The van der Waals surface area contributed by atoms with Crippen molar-refractivity contribution in [1.82, 2.24) is 0 Å². The van der Waals surface area contributed by atoms with Gasteiger partial charge in [0.15, 0.2) is 0 Å². The van der Waals surface area contributed by atoms with Gasteiger partial charge in [0, 0.05) is 0 Å². The van der Waals surface area contributed by atoms with Gasteiger partial charge in [0.05, 0.1) is 0 Å². The minimum atomic E-state index is 0.462. The van der Waals surface area contributed by atoms with Crippen LogP contribution in [0.1, 0.15) is 42.0 Å². The van der Waals surface area contributed by atoms with Crippen LogP contribution in [0.4, 0.5) is 0 Å². The lowest BCUT2D eigenvalue weighted by atomic mass is 9.91. The van der Waals surface area contributed by atoms with Gasteiger partial charge in [-0.15, -0.1) is 6.58 Å². The first kappa shape index (κ1) is 11.0. The van der Waals surface area contributed by atoms with Crippen LogP contribution >= 0.6 is 0 Å². The SMILES string of the molecule is C=C[C@@H](C)c1cc(C)c(C)cc1CC. The van der Waals surface area contributed by atoms with E-state index in [1.165, 1.54) is 22.3 Å². The van der Waals surface area contributed by atoms with Crippen LogP contribution in [0.25, 0.3) is 0 Å². The third-order valence-corrected chi connectivity index (χ3v) is 2.98. The van der Waals surface area contributed by atoms with Crippen LogP contribution in [0, 0.1) is 13.8 Å². The molecule has 0 heteroatoms. The fourth-order valence-electron chi connectivity index (χ4n) is 1.76. The summed E-state index contributed by atoms with van der Waals surface area (Å²) in [7, 11) is 0. The van der Waals surface area contributed by atoms with Gasteiger partial charge in [0.25, 0.3) is 0 Å². The zero-order valence-electron chi connectivity index (χ0n) is 9.72. The van der Waals surface area contributed by atoms with E-state index in [1.807, 2.05) is 6.08 Å². The first-order valence-corrected chi connectivity index (χ1v) is 5.32. The third kappa shape index (κ3) is 2.06. The summed E-state index contributed by atoms with van der Waals surface area (Å²) in [6, 6.07) is 4.62. The van der Waals surface area contributed by atoms with Crippen molar-refractivity contribution in [2.75, 3.05) is 0 Å². The molecule has 0 nitrogen and oxygen atoms in total. The summed E-state index contributed by atoms with van der Waals surface area (Å²) in [6.45, 7) is 12.6. The summed E-state index contributed by atoms with van der Waals surface area (Å²) in [4.78, 5) is 0. The molecule has 0 heterocycles. The van der Waals surface area contributed by atoms with Crippen LogP contribution in [-0.2, 0) is 6.42 Å². The minimum absolute atomic E-state index is 0.462. The van der Waals surface area contributed by atoms with Gasteiger partial charge in [-0.1, -0.05) is 32.1 Å². The molecule has 0 unspecified atom stereocenters. The van der Waals surface area contributed by atoms with Gasteiger partial charge < -0.3 is 0 Å². The van der Waals surface area contributed by atoms with E-state index in [9.17, 15) is 0 Å². The maximum atomic E-state index is 3.86. The molecule has 0 bridgehead atoms. The summed E-state index contributed by atoms with van der Waals surface area (Å²) < 4.78 is 0. The number of allylic oxidation sites excluding steroid dienone is 1. The second-order valence-electron chi connectivity index (χ2n) is 4.01. The molecule has 0 aliphatic carbocycles. The van der Waals surface area contributed by atoms with E-state index >= 15 is 0 Å². The fourth-order valence-corrected chi connectivity index (χ4v) is 1.76. The maximum absolute atomic E-state index is 3.86. The predicted molar refractivity (Wildman–Crippen MR) is 63.9 cm³/mol. The molecule has 1 aromatic rings. The number of benzene rings is 1. The van der Waals surface area contributed by atoms with E-state index in [0.717, 1.165) is 6.42 Å². The van der Waals surface area contributed by atoms with E-state index < -0.39 is 0 Å². The lowest BCUT2D eigenvalue weighted by Gasteiger charge is -2.15. The molecule has 0 fully saturated rings. The lowest BCUT2D eigenvalue weighted by Crippen LogP contribution is -1.98. The Kier molecular flexibility index (Phi) is 3.51. The van der Waals surface area contributed by atoms with Crippen LogP contribution in [0.2, 0.25) is 0 Å². The standard InChI is InChI=1S/C14H20/c1-6-10(3)14-9-12(5)11(4)8-13(14)7-2/h6,8-10H,1,7H2,2-5H3/t10-/m1/s1. The molecule has 1 rings (SSSR count). The van der Waals surface area contributed by atoms with Gasteiger partial charge >= 0.3 is 0 Å². The molecule has 1 aromatic carbocycles. The first-order valence-electron chi connectivity index (χ1n) is 5.32. The molecule has 0 saturated heterocycles. The molecule has 0 aromatic heterocycles. The number of aryl methyl sites for hydroxylation is 3. The molecule has 14 heavy (non-hydrogen) atoms. The van der Waals surface area contributed by atoms with Gasteiger partial charge in [0.2, 0.25) is 0 Å². The van der Waals surface area contributed by atoms with E-state index in [1.54, 1.807) is 0 Å². The normalized spacial score (nSPS) is 12.6. The minimum Gasteiger partial charge on any atom is -0.102 e. The van der Waals surface area contributed by atoms with Crippen molar-refractivity contribution in [3.63, 3.8) is 0 Å². The Labute approximate surface area is 87.7 Å². The molecule has 0 aliphatic heterocycles. The van der Waals surface area contributed by atoms with E-state index in [-0.39, 0.29) is 0 Å². The van der Waals surface area contributed by atoms with Gasteiger partial charge in [-0.25, -0.2) is 0 Å². The van der Waals surface area contributed by atoms with Crippen molar-refractivity contribution in [2.45, 2.75) is 40.0 Å². The molecule has 1 atom stereocenters. The van der Waals surface area contributed by atoms with E-state index in [4.69, 9.17) is 0 Å². The smallest absolute Gasteiger partial charge is 0.00103 e. The van der Waals surface area contributed by atoms with Gasteiger partial charge in [-0.3, -0.25) is 0 Å². The van der Waals surface area contributed by atoms with Crippen LogP contribution in [0.5, 0.6) is 0 Å². The Morgan fingerprint density at radius 3 is 2.36 bits per heavy atom. The first-order chi connectivity index (χ1) is 6.60. The molecular formula is C14H20. The highest BCUT2D eigenvalue weighted by molar-refractivity contribution is 5.40. The maximum Gasteiger partial charge on any atom is -0.00103 e. The zero-order chi connectivity index (χ0) is 10.7. The van der Waals surface area contributed by atoms with Crippen molar-refractivity contribution in [3.8, 4) is 0 Å². The van der Waals surface area contributed by atoms with E-state index in [0.29, 0.717) is 5.92 Å². The summed E-state index contributed by atoms with van der Waals surface area (Å²) in [6.07, 6.45) is 3.12. The molecule has 0 N–H and O–H groups in total. The molecular weight excluding hydrogens is 168 g/mol. The highest BCUT2D eigenvalue weighted by Gasteiger charge is 2.08. The zero-order valence-corrected chi connectivity index (χ0v) is 9.72. The topological polar surface area (TPSA) is 0 Å². The molecule has 0 spiro atoms. The second kappa shape index (κ2) is 4.45. The Bertz CT molecular complexity index is 334. The van der Waals surface area contributed by atoms with Crippen molar-refractivity contribution in [1.29, 1.82) is 0 Å². The van der Waals surface area contributed by atoms with Gasteiger partial charge in [-0.05, 0) is 48.4 Å². The van der Waals surface area contributed by atoms with Crippen molar-refractivity contribution in [2.24, 2.45) is 0 Å². The summed E-state index contributed by atoms with van der Waals surface area (Å²) in [5, 5.41) is 0. The Morgan fingerprint density at radius 2 is 1.86 bits per heavy atom. The average Bonchev–Trinajstić information content (AvgIpc) is 2.20. The number of hydrogen-bond donors (Lipinski definition) is 0. The Hall–Kier alpha value is -1.04. The summed E-state index contributed by atoms with van der Waals surface area (Å²) >= 11 is 0. The average molecular weight is 188 g/mol. The monoisotopic (exact) mass is 188 g/mol. The van der Waals surface area contributed by atoms with Crippen LogP contribution in [0.3, 0.4) is 0 Å². The summed E-state index contributed by atoms with van der Waals surface area (Å²) in [5.74, 6) is 0.462. The third-order valence-electron chi connectivity index (χ3n) is 2.98. The van der Waals surface area contributed by atoms with Crippen LogP contribution in [-0.4, -0.2) is 0 Å². The van der Waals surface area contributed by atoms with Crippen molar-refractivity contribution in [3.05, 3.63) is 47.0 Å². The largest absolute Gasteiger partial charge is 0.102 e. The lowest BCUT2D eigenvalue weighted by molar-refractivity contribution is 0.924. The Morgan fingerprint density at radius 1 is 1.29 bits per heavy atom. The fraction of sp³-hybridized carbons (Fsp3) is 0.429. The molecule has 0 radical (unpaired) electrons. The highest BCUT2D eigenvalue weighted by Crippen LogP contribution is 2.24. The van der Waals surface area contributed by atoms with E-state index in [2.05, 4.69) is 46.4 Å². The number of rotatable bonds is 3. The molecule has 0 saturated carbocycles.